The number of rotatable bonds is 4. The Morgan fingerprint density at radius 2 is 2.07 bits per heavy atom. The smallest absolute Gasteiger partial charge is 0.372 e. The first-order chi connectivity index (χ1) is 6.47. The van der Waals surface area contributed by atoms with Crippen LogP contribution >= 0.6 is 27.3 Å². The topological polar surface area (TPSA) is 35.0 Å². The first-order valence-corrected chi connectivity index (χ1v) is 5.21. The first-order valence-electron chi connectivity index (χ1n) is 3.60. The zero-order valence-electron chi connectivity index (χ0n) is 6.84. The van der Waals surface area contributed by atoms with Gasteiger partial charge < -0.3 is 4.74 Å². The second-order valence-electron chi connectivity index (χ2n) is 2.37. The fraction of sp³-hybridized carbons (Fsp3) is 0.667. The van der Waals surface area contributed by atoms with E-state index in [0.717, 1.165) is 0 Å². The highest BCUT2D eigenvalue weighted by atomic mass is 79.9. The Hall–Kier alpha value is -0.210. The molecule has 0 radical (unpaired) electrons. The molecule has 1 aromatic rings. The van der Waals surface area contributed by atoms with Gasteiger partial charge in [0.25, 0.3) is 0 Å². The molecule has 0 aromatic carbocycles. The third kappa shape index (κ3) is 4.87. The number of alkyl halides is 3. The number of halogens is 4. The second-order valence-corrected chi connectivity index (χ2v) is 4.70. The molecule has 0 aliphatic carbocycles. The lowest BCUT2D eigenvalue weighted by Gasteiger charge is -2.05. The van der Waals surface area contributed by atoms with E-state index in [1.54, 1.807) is 0 Å². The van der Waals surface area contributed by atoms with E-state index < -0.39 is 12.8 Å². The summed E-state index contributed by atoms with van der Waals surface area (Å²) in [5.41, 5.74) is 0. The summed E-state index contributed by atoms with van der Waals surface area (Å²) in [5.74, 6) is 0. The zero-order valence-corrected chi connectivity index (χ0v) is 9.25. The Morgan fingerprint density at radius 1 is 1.36 bits per heavy atom. The van der Waals surface area contributed by atoms with Crippen LogP contribution < -0.4 is 0 Å². The highest BCUT2D eigenvalue weighted by Gasteiger charge is 2.27. The van der Waals surface area contributed by atoms with E-state index in [-0.39, 0.29) is 6.61 Å². The van der Waals surface area contributed by atoms with Crippen molar-refractivity contribution in [1.29, 1.82) is 0 Å². The van der Waals surface area contributed by atoms with Crippen molar-refractivity contribution in [3.05, 3.63) is 8.92 Å². The SMILES string of the molecule is FC(F)(F)COCCc1nnc(Br)s1. The number of ether oxygens (including phenoxy) is 1. The Balaban J connectivity index is 2.16. The van der Waals surface area contributed by atoms with Gasteiger partial charge in [-0.25, -0.2) is 0 Å². The predicted molar refractivity (Wildman–Crippen MR) is 48.2 cm³/mol. The molecule has 0 saturated carbocycles. The van der Waals surface area contributed by atoms with E-state index in [2.05, 4.69) is 30.9 Å². The average molecular weight is 291 g/mol. The molecule has 3 nitrogen and oxygen atoms in total. The maximum absolute atomic E-state index is 11.6. The second kappa shape index (κ2) is 5.04. The molecule has 0 fully saturated rings. The van der Waals surface area contributed by atoms with Crippen molar-refractivity contribution in [3.8, 4) is 0 Å². The molecule has 8 heteroatoms. The van der Waals surface area contributed by atoms with Gasteiger partial charge >= 0.3 is 6.18 Å². The quantitative estimate of drug-likeness (QED) is 0.799. The largest absolute Gasteiger partial charge is 0.411 e. The van der Waals surface area contributed by atoms with Crippen molar-refractivity contribution in [2.45, 2.75) is 12.6 Å². The molecule has 0 bridgehead atoms. The summed E-state index contributed by atoms with van der Waals surface area (Å²) >= 11 is 4.38. The first kappa shape index (κ1) is 11.9. The van der Waals surface area contributed by atoms with Crippen LogP contribution in [0.1, 0.15) is 5.01 Å². The van der Waals surface area contributed by atoms with Crippen LogP contribution in [0.2, 0.25) is 0 Å². The fourth-order valence-electron chi connectivity index (χ4n) is 0.682. The maximum atomic E-state index is 11.6. The third-order valence-electron chi connectivity index (χ3n) is 1.17. The van der Waals surface area contributed by atoms with Gasteiger partial charge in [-0.2, -0.15) is 13.2 Å². The summed E-state index contributed by atoms with van der Waals surface area (Å²) < 4.78 is 39.9. The minimum Gasteiger partial charge on any atom is -0.372 e. The van der Waals surface area contributed by atoms with Gasteiger partial charge in [-0.15, -0.1) is 10.2 Å². The Bertz CT molecular complexity index is 291. The van der Waals surface area contributed by atoms with Crippen LogP contribution in [0.5, 0.6) is 0 Å². The average Bonchev–Trinajstić information content (AvgIpc) is 2.44. The number of hydrogen-bond acceptors (Lipinski definition) is 4. The van der Waals surface area contributed by atoms with Crippen molar-refractivity contribution in [2.24, 2.45) is 0 Å². The predicted octanol–water partition coefficient (Wildman–Crippen LogP) is 2.42. The molecule has 0 aliphatic heterocycles. The molecule has 1 rings (SSSR count). The van der Waals surface area contributed by atoms with E-state index in [4.69, 9.17) is 0 Å². The van der Waals surface area contributed by atoms with Gasteiger partial charge in [-0.1, -0.05) is 11.3 Å². The fourth-order valence-corrected chi connectivity index (χ4v) is 1.86. The van der Waals surface area contributed by atoms with Gasteiger partial charge in [0, 0.05) is 6.42 Å². The lowest BCUT2D eigenvalue weighted by atomic mass is 10.5. The van der Waals surface area contributed by atoms with Gasteiger partial charge in [-0.3, -0.25) is 0 Å². The summed E-state index contributed by atoms with van der Waals surface area (Å²) in [4.78, 5) is 0. The molecule has 1 aromatic heterocycles. The molecule has 0 aliphatic rings. The van der Waals surface area contributed by atoms with Crippen molar-refractivity contribution in [2.75, 3.05) is 13.2 Å². The lowest BCUT2D eigenvalue weighted by Crippen LogP contribution is -2.17. The molecular formula is C6H6BrF3N2OS. The third-order valence-corrected chi connectivity index (χ3v) is 2.58. The van der Waals surface area contributed by atoms with E-state index in [1.165, 1.54) is 11.3 Å². The monoisotopic (exact) mass is 290 g/mol. The molecule has 0 unspecified atom stereocenters. The summed E-state index contributed by atoms with van der Waals surface area (Å²) in [6.45, 7) is -1.21. The summed E-state index contributed by atoms with van der Waals surface area (Å²) in [6.07, 6.45) is -3.92. The minimum atomic E-state index is -4.26. The van der Waals surface area contributed by atoms with Crippen LogP contribution in [0.15, 0.2) is 3.92 Å². The van der Waals surface area contributed by atoms with Gasteiger partial charge in [0.2, 0.25) is 0 Å². The lowest BCUT2D eigenvalue weighted by molar-refractivity contribution is -0.173. The highest BCUT2D eigenvalue weighted by Crippen LogP contribution is 2.17. The summed E-state index contributed by atoms with van der Waals surface area (Å²) in [5, 5.41) is 8.01. The van der Waals surface area contributed by atoms with Gasteiger partial charge in [0.15, 0.2) is 3.92 Å². The number of nitrogens with zero attached hydrogens (tertiary/aromatic N) is 2. The molecule has 0 N–H and O–H groups in total. The standard InChI is InChI=1S/C6H6BrF3N2OS/c7-5-12-11-4(14-5)1-2-13-3-6(8,9)10/h1-3H2. The van der Waals surface area contributed by atoms with Crippen molar-refractivity contribution in [3.63, 3.8) is 0 Å². The molecule has 0 amide bonds. The minimum absolute atomic E-state index is 0.00113. The van der Waals surface area contributed by atoms with Crippen molar-refractivity contribution >= 4 is 27.3 Å². The van der Waals surface area contributed by atoms with Crippen LogP contribution in [0.3, 0.4) is 0 Å². The number of hydrogen-bond donors (Lipinski definition) is 0. The van der Waals surface area contributed by atoms with Crippen LogP contribution in [0, 0.1) is 0 Å². The normalized spacial score (nSPS) is 12.0. The molecule has 0 saturated heterocycles. The van der Waals surface area contributed by atoms with E-state index in [9.17, 15) is 13.2 Å². The van der Waals surface area contributed by atoms with Crippen LogP contribution in [-0.4, -0.2) is 29.6 Å². The van der Waals surface area contributed by atoms with Crippen LogP contribution in [0.4, 0.5) is 13.2 Å². The van der Waals surface area contributed by atoms with E-state index in [0.29, 0.717) is 15.3 Å². The summed E-state index contributed by atoms with van der Waals surface area (Å²) in [6, 6.07) is 0. The Kier molecular flexibility index (Phi) is 4.27. The van der Waals surface area contributed by atoms with Gasteiger partial charge in [0.1, 0.15) is 11.6 Å². The zero-order chi connectivity index (χ0) is 10.6. The Morgan fingerprint density at radius 3 is 2.57 bits per heavy atom. The van der Waals surface area contributed by atoms with Crippen molar-refractivity contribution in [1.82, 2.24) is 10.2 Å². The molecule has 0 spiro atoms. The van der Waals surface area contributed by atoms with Gasteiger partial charge in [-0.05, 0) is 15.9 Å². The maximum Gasteiger partial charge on any atom is 0.411 e. The highest BCUT2D eigenvalue weighted by molar-refractivity contribution is 9.11. The van der Waals surface area contributed by atoms with Crippen LogP contribution in [-0.2, 0) is 11.2 Å². The molecule has 80 valence electrons. The van der Waals surface area contributed by atoms with Crippen molar-refractivity contribution < 1.29 is 17.9 Å². The van der Waals surface area contributed by atoms with Crippen LogP contribution in [0.25, 0.3) is 0 Å². The molecule has 14 heavy (non-hydrogen) atoms. The van der Waals surface area contributed by atoms with E-state index in [1.807, 2.05) is 0 Å². The summed E-state index contributed by atoms with van der Waals surface area (Å²) in [7, 11) is 0. The molecule has 1 heterocycles. The molecular weight excluding hydrogens is 285 g/mol. The Labute approximate surface area is 90.4 Å². The molecule has 0 atom stereocenters. The number of aromatic nitrogens is 2. The van der Waals surface area contributed by atoms with E-state index >= 15 is 0 Å². The van der Waals surface area contributed by atoms with Gasteiger partial charge in [0.05, 0.1) is 6.61 Å².